The van der Waals surface area contributed by atoms with Crippen molar-refractivity contribution in [3.63, 3.8) is 0 Å². The highest BCUT2D eigenvalue weighted by Crippen LogP contribution is 2.47. The zero-order valence-corrected chi connectivity index (χ0v) is 13.8. The standard InChI is InChI=1S/C10H20N3O5PS/c1-8(2)17-19(14,18-9(3)4)12-20(15,16)10-11-6-7-13(10)5/h6-9H,1-5H3,(H,12,14). The molecule has 0 unspecified atom stereocenters. The van der Waals surface area contributed by atoms with Crippen LogP contribution in [-0.4, -0.2) is 30.2 Å². The van der Waals surface area contributed by atoms with Crippen LogP contribution in [0, 0.1) is 0 Å². The Bertz CT molecular complexity index is 582. The fourth-order valence-electron chi connectivity index (χ4n) is 1.42. The molecular weight excluding hydrogens is 305 g/mol. The van der Waals surface area contributed by atoms with E-state index in [1.165, 1.54) is 24.0 Å². The lowest BCUT2D eigenvalue weighted by molar-refractivity contribution is 0.140. The van der Waals surface area contributed by atoms with Crippen molar-refractivity contribution in [3.8, 4) is 0 Å². The molecule has 0 saturated heterocycles. The molecule has 0 aliphatic rings. The van der Waals surface area contributed by atoms with Crippen LogP contribution in [0.4, 0.5) is 0 Å². The first-order valence-electron chi connectivity index (χ1n) is 6.04. The minimum Gasteiger partial charge on any atom is -0.324 e. The van der Waals surface area contributed by atoms with Crippen molar-refractivity contribution in [2.75, 3.05) is 0 Å². The highest BCUT2D eigenvalue weighted by Gasteiger charge is 2.36. The number of sulfonamides is 1. The van der Waals surface area contributed by atoms with Crippen LogP contribution in [0.3, 0.4) is 0 Å². The third kappa shape index (κ3) is 4.68. The van der Waals surface area contributed by atoms with Gasteiger partial charge in [0.05, 0.1) is 12.2 Å². The van der Waals surface area contributed by atoms with Gasteiger partial charge in [-0.25, -0.2) is 18.0 Å². The van der Waals surface area contributed by atoms with Gasteiger partial charge in [-0.05, 0) is 27.7 Å². The van der Waals surface area contributed by atoms with Crippen LogP contribution in [0.25, 0.3) is 0 Å². The van der Waals surface area contributed by atoms with Crippen LogP contribution in [0.5, 0.6) is 0 Å². The largest absolute Gasteiger partial charge is 0.419 e. The molecule has 0 aromatic carbocycles. The summed E-state index contributed by atoms with van der Waals surface area (Å²) in [5.41, 5.74) is 0. The maximum absolute atomic E-state index is 12.5. The molecule has 20 heavy (non-hydrogen) atoms. The minimum absolute atomic E-state index is 0.266. The average molecular weight is 325 g/mol. The second kappa shape index (κ2) is 6.36. The minimum atomic E-state index is -4.11. The lowest BCUT2D eigenvalue weighted by Crippen LogP contribution is -2.28. The van der Waals surface area contributed by atoms with Gasteiger partial charge in [0, 0.05) is 19.4 Å². The molecule has 1 rings (SSSR count). The van der Waals surface area contributed by atoms with Crippen LogP contribution >= 0.6 is 7.75 Å². The zero-order chi connectivity index (χ0) is 15.6. The SMILES string of the molecule is CC(C)OP(=O)(NS(=O)(=O)c1nccn1C)OC(C)C. The molecule has 0 amide bonds. The topological polar surface area (TPSA) is 99.5 Å². The molecule has 0 radical (unpaired) electrons. The van der Waals surface area contributed by atoms with Crippen LogP contribution < -0.4 is 4.49 Å². The summed E-state index contributed by atoms with van der Waals surface area (Å²) in [5, 5.41) is -0.266. The Hall–Kier alpha value is -0.730. The van der Waals surface area contributed by atoms with Gasteiger partial charge in [0.1, 0.15) is 0 Å². The maximum atomic E-state index is 12.5. The van der Waals surface area contributed by atoms with Crippen molar-refractivity contribution in [1.82, 2.24) is 14.0 Å². The summed E-state index contributed by atoms with van der Waals surface area (Å²) in [4.78, 5) is 3.71. The van der Waals surface area contributed by atoms with Gasteiger partial charge < -0.3 is 4.57 Å². The third-order valence-electron chi connectivity index (χ3n) is 1.95. The molecular formula is C10H20N3O5PS. The molecule has 1 aromatic rings. The van der Waals surface area contributed by atoms with Gasteiger partial charge in [-0.2, -0.15) is 0 Å². The molecule has 1 N–H and O–H groups in total. The van der Waals surface area contributed by atoms with Crippen molar-refractivity contribution >= 4 is 17.8 Å². The van der Waals surface area contributed by atoms with E-state index in [1.54, 1.807) is 27.7 Å². The van der Waals surface area contributed by atoms with Gasteiger partial charge in [-0.3, -0.25) is 9.05 Å². The average Bonchev–Trinajstić information content (AvgIpc) is 2.59. The van der Waals surface area contributed by atoms with Gasteiger partial charge in [0.25, 0.3) is 10.0 Å². The summed E-state index contributed by atoms with van der Waals surface area (Å²) in [6, 6.07) is 0. The molecule has 10 heteroatoms. The lowest BCUT2D eigenvalue weighted by atomic mass is 10.5. The normalized spacial score (nSPS) is 13.3. The van der Waals surface area contributed by atoms with Crippen molar-refractivity contribution in [1.29, 1.82) is 0 Å². The smallest absolute Gasteiger partial charge is 0.324 e. The summed E-state index contributed by atoms with van der Waals surface area (Å²) < 4.78 is 50.3. The van der Waals surface area contributed by atoms with E-state index in [4.69, 9.17) is 9.05 Å². The fourth-order valence-corrected chi connectivity index (χ4v) is 5.07. The number of rotatable bonds is 7. The lowest BCUT2D eigenvalue weighted by Gasteiger charge is -2.22. The van der Waals surface area contributed by atoms with Gasteiger partial charge in [-0.1, -0.05) is 0 Å². The van der Waals surface area contributed by atoms with Crippen molar-refractivity contribution in [2.24, 2.45) is 7.05 Å². The summed E-state index contributed by atoms with van der Waals surface area (Å²) in [7, 11) is -6.60. The van der Waals surface area contributed by atoms with E-state index in [0.717, 1.165) is 0 Å². The molecule has 0 saturated carbocycles. The monoisotopic (exact) mass is 325 g/mol. The Kier molecular flexibility index (Phi) is 5.51. The van der Waals surface area contributed by atoms with Crippen molar-refractivity contribution in [3.05, 3.63) is 12.4 Å². The molecule has 1 aromatic heterocycles. The quantitative estimate of drug-likeness (QED) is 0.765. The van der Waals surface area contributed by atoms with Gasteiger partial charge in [0.15, 0.2) is 0 Å². The summed E-state index contributed by atoms with van der Waals surface area (Å²) in [6.07, 6.45) is 1.85. The molecule has 0 bridgehead atoms. The number of imidazole rings is 1. The Morgan fingerprint density at radius 2 is 1.75 bits per heavy atom. The van der Waals surface area contributed by atoms with E-state index < -0.39 is 30.0 Å². The van der Waals surface area contributed by atoms with E-state index >= 15 is 0 Å². The molecule has 0 fully saturated rings. The fraction of sp³-hybridized carbons (Fsp3) is 0.700. The van der Waals surface area contributed by atoms with E-state index in [1.807, 2.05) is 4.49 Å². The molecule has 0 aliphatic carbocycles. The predicted octanol–water partition coefficient (Wildman–Crippen LogP) is 1.66. The van der Waals surface area contributed by atoms with Crippen LogP contribution in [-0.2, 0) is 30.7 Å². The van der Waals surface area contributed by atoms with Crippen molar-refractivity contribution < 1.29 is 22.0 Å². The second-order valence-corrected chi connectivity index (χ2v) is 8.24. The Balaban J connectivity index is 3.07. The number of aryl methyl sites for hydroxylation is 1. The number of nitrogens with one attached hydrogen (secondary N) is 1. The van der Waals surface area contributed by atoms with Gasteiger partial charge in [-0.15, -0.1) is 4.49 Å². The zero-order valence-electron chi connectivity index (χ0n) is 12.1. The highest BCUT2D eigenvalue weighted by molar-refractivity contribution is 7.94. The first-order valence-corrected chi connectivity index (χ1v) is 9.06. The summed E-state index contributed by atoms with van der Waals surface area (Å²) in [5.74, 6) is 0. The molecule has 1 heterocycles. The Labute approximate surface area is 119 Å². The first-order chi connectivity index (χ1) is 9.06. The summed E-state index contributed by atoms with van der Waals surface area (Å²) >= 11 is 0. The second-order valence-electron chi connectivity index (χ2n) is 4.72. The highest BCUT2D eigenvalue weighted by atomic mass is 32.2. The van der Waals surface area contributed by atoms with Crippen LogP contribution in [0.15, 0.2) is 17.6 Å². The van der Waals surface area contributed by atoms with E-state index in [2.05, 4.69) is 4.98 Å². The number of aromatic nitrogens is 2. The molecule has 116 valence electrons. The Morgan fingerprint density at radius 3 is 2.10 bits per heavy atom. The number of nitrogens with zero attached hydrogens (tertiary/aromatic N) is 2. The maximum Gasteiger partial charge on any atom is 0.419 e. The summed E-state index contributed by atoms with van der Waals surface area (Å²) in [6.45, 7) is 6.52. The van der Waals surface area contributed by atoms with Crippen molar-refractivity contribution in [2.45, 2.75) is 45.1 Å². The van der Waals surface area contributed by atoms with Crippen LogP contribution in [0.2, 0.25) is 0 Å². The van der Waals surface area contributed by atoms with E-state index in [0.29, 0.717) is 0 Å². The third-order valence-corrected chi connectivity index (χ3v) is 6.08. The number of hydrogen-bond donors (Lipinski definition) is 1. The Morgan fingerprint density at radius 1 is 1.25 bits per heavy atom. The van der Waals surface area contributed by atoms with Crippen LogP contribution in [0.1, 0.15) is 27.7 Å². The van der Waals surface area contributed by atoms with Gasteiger partial charge >= 0.3 is 7.75 Å². The first kappa shape index (κ1) is 17.3. The van der Waals surface area contributed by atoms with E-state index in [-0.39, 0.29) is 5.16 Å². The molecule has 0 aliphatic heterocycles. The number of hydrogen-bond acceptors (Lipinski definition) is 6. The predicted molar refractivity (Wildman–Crippen MR) is 73.6 cm³/mol. The molecule has 0 spiro atoms. The molecule has 8 nitrogen and oxygen atoms in total. The molecule has 0 atom stereocenters. The van der Waals surface area contributed by atoms with E-state index in [9.17, 15) is 13.0 Å². The van der Waals surface area contributed by atoms with Gasteiger partial charge in [0.2, 0.25) is 5.16 Å².